The van der Waals surface area contributed by atoms with Crippen LogP contribution in [0.4, 0.5) is 0 Å². The van der Waals surface area contributed by atoms with Crippen LogP contribution >= 0.6 is 0 Å². The van der Waals surface area contributed by atoms with Crippen molar-refractivity contribution in [2.24, 2.45) is 0 Å². The summed E-state index contributed by atoms with van der Waals surface area (Å²) in [6.45, 7) is 5.32. The van der Waals surface area contributed by atoms with Gasteiger partial charge < -0.3 is 9.90 Å². The van der Waals surface area contributed by atoms with E-state index >= 15 is 0 Å². The van der Waals surface area contributed by atoms with Crippen LogP contribution in [0.5, 0.6) is 0 Å². The lowest BCUT2D eigenvalue weighted by Gasteiger charge is -2.33. The summed E-state index contributed by atoms with van der Waals surface area (Å²) < 4.78 is 0. The highest BCUT2D eigenvalue weighted by molar-refractivity contribution is 5.64. The van der Waals surface area contributed by atoms with Crippen molar-refractivity contribution in [1.29, 1.82) is 0 Å². The summed E-state index contributed by atoms with van der Waals surface area (Å²) in [7, 11) is 0. The highest BCUT2D eigenvalue weighted by Crippen LogP contribution is 2.29. The molecule has 1 aliphatic heterocycles. The van der Waals surface area contributed by atoms with Crippen molar-refractivity contribution in [3.05, 3.63) is 47.5 Å². The first-order valence-corrected chi connectivity index (χ1v) is 5.83. The molecule has 1 aromatic carbocycles. The van der Waals surface area contributed by atoms with E-state index in [0.717, 1.165) is 30.4 Å². The van der Waals surface area contributed by atoms with Crippen LogP contribution in [0.2, 0.25) is 0 Å². The third-order valence-corrected chi connectivity index (χ3v) is 3.27. The molecule has 1 aliphatic rings. The van der Waals surface area contributed by atoms with E-state index in [1.54, 1.807) is 0 Å². The molecule has 2 rings (SSSR count). The Morgan fingerprint density at radius 1 is 1.53 bits per heavy atom. The maximum absolute atomic E-state index is 11.3. The Labute approximate surface area is 101 Å². The normalized spacial score (nSPS) is 19.7. The van der Waals surface area contributed by atoms with E-state index in [2.05, 4.69) is 11.5 Å². The molecule has 1 aromatic rings. The van der Waals surface area contributed by atoms with E-state index in [1.807, 2.05) is 24.3 Å². The van der Waals surface area contributed by atoms with Crippen molar-refractivity contribution in [2.45, 2.75) is 19.1 Å². The number of benzene rings is 1. The fourth-order valence-electron chi connectivity index (χ4n) is 2.38. The topological polar surface area (TPSA) is 40.5 Å². The molecule has 1 atom stereocenters. The van der Waals surface area contributed by atoms with Crippen LogP contribution in [0.25, 0.3) is 0 Å². The molecule has 17 heavy (non-hydrogen) atoms. The van der Waals surface area contributed by atoms with Gasteiger partial charge in [-0.2, -0.15) is 0 Å². The minimum Gasteiger partial charge on any atom is -0.392 e. The molecule has 0 bridgehead atoms. The summed E-state index contributed by atoms with van der Waals surface area (Å²) in [6.07, 6.45) is 3.74. The summed E-state index contributed by atoms with van der Waals surface area (Å²) in [4.78, 5) is 13.4. The Morgan fingerprint density at radius 3 is 3.00 bits per heavy atom. The van der Waals surface area contributed by atoms with Crippen LogP contribution in [-0.4, -0.2) is 29.4 Å². The lowest BCUT2D eigenvalue weighted by molar-refractivity contribution is -0.112. The molecule has 3 heteroatoms. The minimum absolute atomic E-state index is 0.0142. The molecule has 3 nitrogen and oxygen atoms in total. The largest absolute Gasteiger partial charge is 0.392 e. The minimum atomic E-state index is -0.205. The maximum atomic E-state index is 11.3. The van der Waals surface area contributed by atoms with Gasteiger partial charge in [0.25, 0.3) is 0 Å². The van der Waals surface area contributed by atoms with Gasteiger partial charge in [-0.25, -0.2) is 0 Å². The Morgan fingerprint density at radius 2 is 2.35 bits per heavy atom. The summed E-state index contributed by atoms with van der Waals surface area (Å²) in [6, 6.07) is 5.67. The Kier molecular flexibility index (Phi) is 3.71. The molecule has 0 aliphatic carbocycles. The summed E-state index contributed by atoms with van der Waals surface area (Å²) in [5.41, 5.74) is 3.09. The van der Waals surface area contributed by atoms with Crippen LogP contribution in [0.15, 0.2) is 30.9 Å². The van der Waals surface area contributed by atoms with Gasteiger partial charge >= 0.3 is 0 Å². The Bertz CT molecular complexity index is 428. The van der Waals surface area contributed by atoms with E-state index in [9.17, 15) is 4.79 Å². The Balaban J connectivity index is 2.37. The highest BCUT2D eigenvalue weighted by atomic mass is 16.3. The lowest BCUT2D eigenvalue weighted by Crippen LogP contribution is -2.36. The summed E-state index contributed by atoms with van der Waals surface area (Å²) >= 11 is 0. The molecule has 0 aromatic heterocycles. The lowest BCUT2D eigenvalue weighted by atomic mass is 9.91. The van der Waals surface area contributed by atoms with Crippen molar-refractivity contribution in [3.8, 4) is 0 Å². The van der Waals surface area contributed by atoms with E-state index in [1.165, 1.54) is 5.56 Å². The summed E-state index contributed by atoms with van der Waals surface area (Å²) in [5, 5.41) is 9.15. The van der Waals surface area contributed by atoms with Gasteiger partial charge in [-0.1, -0.05) is 24.3 Å². The van der Waals surface area contributed by atoms with Crippen LogP contribution in [0, 0.1) is 0 Å². The predicted molar refractivity (Wildman–Crippen MR) is 66.6 cm³/mol. The van der Waals surface area contributed by atoms with Gasteiger partial charge in [0, 0.05) is 13.1 Å². The molecule has 90 valence electrons. The third kappa shape index (κ3) is 2.30. The molecule has 0 amide bonds. The van der Waals surface area contributed by atoms with Gasteiger partial charge in [0.15, 0.2) is 0 Å². The molecule has 0 saturated carbocycles. The highest BCUT2D eigenvalue weighted by Gasteiger charge is 2.26. The van der Waals surface area contributed by atoms with Crippen LogP contribution in [0.1, 0.15) is 22.7 Å². The van der Waals surface area contributed by atoms with Crippen molar-refractivity contribution < 1.29 is 9.90 Å². The van der Waals surface area contributed by atoms with Gasteiger partial charge in [0.05, 0.1) is 12.6 Å². The first-order chi connectivity index (χ1) is 8.30. The van der Waals surface area contributed by atoms with Gasteiger partial charge in [0.2, 0.25) is 0 Å². The van der Waals surface area contributed by atoms with Crippen molar-refractivity contribution in [1.82, 2.24) is 4.90 Å². The Hall–Kier alpha value is -1.45. The summed E-state index contributed by atoms with van der Waals surface area (Å²) in [5.74, 6) is 0. The number of nitrogens with zero attached hydrogens (tertiary/aromatic N) is 1. The van der Waals surface area contributed by atoms with Crippen molar-refractivity contribution in [3.63, 3.8) is 0 Å². The number of fused-ring (bicyclic) bond motifs is 1. The number of rotatable bonds is 4. The molecule has 1 unspecified atom stereocenters. The van der Waals surface area contributed by atoms with E-state index in [-0.39, 0.29) is 12.6 Å². The zero-order chi connectivity index (χ0) is 12.3. The monoisotopic (exact) mass is 231 g/mol. The molecular weight excluding hydrogens is 214 g/mol. The average Bonchev–Trinajstić information content (AvgIpc) is 2.38. The second-order valence-electron chi connectivity index (χ2n) is 4.31. The second kappa shape index (κ2) is 5.25. The SMILES string of the molecule is C=CCN1CCc2ccc(CO)cc2C1C=O. The molecule has 1 heterocycles. The van der Waals surface area contributed by atoms with Crippen LogP contribution < -0.4 is 0 Å². The number of aldehydes is 1. The average molecular weight is 231 g/mol. The standard InChI is InChI=1S/C14H17NO2/c1-2-6-15-7-5-12-4-3-11(9-16)8-13(12)14(15)10-17/h2-4,8,10,14,16H,1,5-7,9H2. The van der Waals surface area contributed by atoms with Gasteiger partial charge in [-0.3, -0.25) is 4.90 Å². The van der Waals surface area contributed by atoms with Crippen LogP contribution in [0.3, 0.4) is 0 Å². The number of carbonyl (C=O) groups is 1. The zero-order valence-electron chi connectivity index (χ0n) is 9.80. The van der Waals surface area contributed by atoms with E-state index in [0.29, 0.717) is 6.54 Å². The number of carbonyl (C=O) groups excluding carboxylic acids is 1. The van der Waals surface area contributed by atoms with Gasteiger partial charge in [0.1, 0.15) is 6.29 Å². The fraction of sp³-hybridized carbons (Fsp3) is 0.357. The van der Waals surface area contributed by atoms with Crippen molar-refractivity contribution in [2.75, 3.05) is 13.1 Å². The maximum Gasteiger partial charge on any atom is 0.141 e. The molecule has 0 spiro atoms. The van der Waals surface area contributed by atoms with E-state index < -0.39 is 0 Å². The second-order valence-corrected chi connectivity index (χ2v) is 4.31. The van der Waals surface area contributed by atoms with Crippen LogP contribution in [-0.2, 0) is 17.8 Å². The van der Waals surface area contributed by atoms with Gasteiger partial charge in [-0.15, -0.1) is 6.58 Å². The number of hydrogen-bond acceptors (Lipinski definition) is 3. The van der Waals surface area contributed by atoms with E-state index in [4.69, 9.17) is 5.11 Å². The first-order valence-electron chi connectivity index (χ1n) is 5.83. The molecule has 0 radical (unpaired) electrons. The molecule has 0 saturated heterocycles. The van der Waals surface area contributed by atoms with Crippen molar-refractivity contribution >= 4 is 6.29 Å². The first kappa shape index (κ1) is 12.0. The quantitative estimate of drug-likeness (QED) is 0.630. The number of aliphatic hydroxyl groups is 1. The third-order valence-electron chi connectivity index (χ3n) is 3.27. The number of aliphatic hydroxyl groups excluding tert-OH is 1. The molecular formula is C14H17NO2. The fourth-order valence-corrected chi connectivity index (χ4v) is 2.38. The molecule has 1 N–H and O–H groups in total. The molecule has 0 fully saturated rings. The smallest absolute Gasteiger partial charge is 0.141 e. The zero-order valence-corrected chi connectivity index (χ0v) is 9.80. The number of hydrogen-bond donors (Lipinski definition) is 1. The predicted octanol–water partition coefficient (Wildman–Crippen LogP) is 1.46. The van der Waals surface area contributed by atoms with Gasteiger partial charge in [-0.05, 0) is 23.1 Å².